The van der Waals surface area contributed by atoms with Crippen LogP contribution in [0.25, 0.3) is 22.2 Å². The lowest BCUT2D eigenvalue weighted by Crippen LogP contribution is -2.31. The number of carbonyl (C=O) groups excluding carboxylic acids is 1. The molecular formula is C28H24N4O. The molecule has 5 heteroatoms. The summed E-state index contributed by atoms with van der Waals surface area (Å²) < 4.78 is 0. The predicted octanol–water partition coefficient (Wildman–Crippen LogP) is 5.40. The number of nitrogens with one attached hydrogen (secondary N) is 1. The number of benzene rings is 2. The third kappa shape index (κ3) is 4.67. The number of nitrogens with zero attached hydrogens (tertiary/aromatic N) is 3. The fraction of sp³-hybridized carbons (Fsp3) is 0.107. The molecule has 0 saturated carbocycles. The summed E-state index contributed by atoms with van der Waals surface area (Å²) in [5.41, 5.74) is 6.11. The number of carbonyl (C=O) groups is 1. The molecule has 3 aromatic heterocycles. The number of aromatic nitrogens is 3. The molecule has 0 saturated heterocycles. The second-order valence-corrected chi connectivity index (χ2v) is 8.04. The van der Waals surface area contributed by atoms with Gasteiger partial charge in [-0.15, -0.1) is 0 Å². The molecule has 0 atom stereocenters. The Kier molecular flexibility index (Phi) is 5.93. The summed E-state index contributed by atoms with van der Waals surface area (Å²) in [6, 6.07) is 26.1. The Morgan fingerprint density at radius 2 is 1.39 bits per heavy atom. The molecule has 0 fully saturated rings. The Balaban J connectivity index is 1.50. The molecule has 0 aliphatic carbocycles. The minimum absolute atomic E-state index is 0.0599. The van der Waals surface area contributed by atoms with Gasteiger partial charge in [0.05, 0.1) is 12.1 Å². The second-order valence-electron chi connectivity index (χ2n) is 8.04. The molecule has 1 amide bonds. The fourth-order valence-corrected chi connectivity index (χ4v) is 4.15. The van der Waals surface area contributed by atoms with Crippen LogP contribution in [0.2, 0.25) is 0 Å². The van der Waals surface area contributed by atoms with Crippen molar-refractivity contribution < 1.29 is 4.79 Å². The van der Waals surface area contributed by atoms with Gasteiger partial charge >= 0.3 is 0 Å². The standard InChI is InChI=1S/C28H24N4O/c33-27(32(19-21-8-6-14-29-17-21)20-22-9-7-15-30-18-22)16-25-24-12-4-5-13-26(24)31-28(25)23-10-2-1-3-11-23/h1-15,17-18,31H,16,19-20H2. The Morgan fingerprint density at radius 3 is 2.03 bits per heavy atom. The molecule has 0 spiro atoms. The lowest BCUT2D eigenvalue weighted by molar-refractivity contribution is -0.131. The quantitative estimate of drug-likeness (QED) is 0.375. The van der Waals surface area contributed by atoms with Crippen molar-refractivity contribution in [3.8, 4) is 11.3 Å². The van der Waals surface area contributed by atoms with Gasteiger partial charge in [0.15, 0.2) is 0 Å². The van der Waals surface area contributed by atoms with Crippen LogP contribution in [0.1, 0.15) is 16.7 Å². The van der Waals surface area contributed by atoms with Crippen LogP contribution in [-0.4, -0.2) is 25.8 Å². The Hall–Kier alpha value is -4.25. The molecule has 0 unspecified atom stereocenters. The topological polar surface area (TPSA) is 61.9 Å². The zero-order valence-corrected chi connectivity index (χ0v) is 18.2. The first-order valence-corrected chi connectivity index (χ1v) is 11.0. The maximum Gasteiger partial charge on any atom is 0.227 e. The van der Waals surface area contributed by atoms with Crippen LogP contribution in [0, 0.1) is 0 Å². The molecule has 0 aliphatic rings. The van der Waals surface area contributed by atoms with Crippen LogP contribution in [0.4, 0.5) is 0 Å². The zero-order chi connectivity index (χ0) is 22.5. The van der Waals surface area contributed by atoms with E-state index in [4.69, 9.17) is 0 Å². The van der Waals surface area contributed by atoms with E-state index in [2.05, 4.69) is 39.2 Å². The van der Waals surface area contributed by atoms with Crippen molar-refractivity contribution in [2.45, 2.75) is 19.5 Å². The zero-order valence-electron chi connectivity index (χ0n) is 18.2. The number of amides is 1. The van der Waals surface area contributed by atoms with Crippen LogP contribution < -0.4 is 0 Å². The van der Waals surface area contributed by atoms with E-state index in [0.717, 1.165) is 38.9 Å². The number of hydrogen-bond donors (Lipinski definition) is 1. The van der Waals surface area contributed by atoms with E-state index in [1.807, 2.05) is 71.9 Å². The van der Waals surface area contributed by atoms with E-state index in [0.29, 0.717) is 19.5 Å². The molecule has 5 rings (SSSR count). The molecule has 0 aliphatic heterocycles. The van der Waals surface area contributed by atoms with Gasteiger partial charge in [-0.3, -0.25) is 14.8 Å². The number of pyridine rings is 2. The van der Waals surface area contributed by atoms with E-state index in [1.165, 1.54) is 0 Å². The molecular weight excluding hydrogens is 408 g/mol. The van der Waals surface area contributed by atoms with Gasteiger partial charge < -0.3 is 9.88 Å². The van der Waals surface area contributed by atoms with Crippen molar-refractivity contribution in [1.82, 2.24) is 19.9 Å². The number of aromatic amines is 1. The van der Waals surface area contributed by atoms with Crippen LogP contribution >= 0.6 is 0 Å². The summed E-state index contributed by atoms with van der Waals surface area (Å²) in [6.45, 7) is 0.981. The number of rotatable bonds is 7. The van der Waals surface area contributed by atoms with Gasteiger partial charge in [0.25, 0.3) is 0 Å². The average Bonchev–Trinajstić information content (AvgIpc) is 3.24. The van der Waals surface area contributed by atoms with Crippen molar-refractivity contribution in [2.75, 3.05) is 0 Å². The highest BCUT2D eigenvalue weighted by Crippen LogP contribution is 2.31. The first-order valence-electron chi connectivity index (χ1n) is 11.0. The normalized spacial score (nSPS) is 10.9. The minimum atomic E-state index is 0.0599. The van der Waals surface area contributed by atoms with Gasteiger partial charge in [-0.1, -0.05) is 60.7 Å². The maximum absolute atomic E-state index is 13.7. The molecule has 162 valence electrons. The first kappa shape index (κ1) is 20.6. The second kappa shape index (κ2) is 9.49. The predicted molar refractivity (Wildman–Crippen MR) is 130 cm³/mol. The molecule has 3 heterocycles. The van der Waals surface area contributed by atoms with E-state index >= 15 is 0 Å². The van der Waals surface area contributed by atoms with Crippen LogP contribution in [0.5, 0.6) is 0 Å². The number of hydrogen-bond acceptors (Lipinski definition) is 3. The van der Waals surface area contributed by atoms with Gasteiger partial charge in [-0.25, -0.2) is 0 Å². The minimum Gasteiger partial charge on any atom is -0.354 e. The summed E-state index contributed by atoms with van der Waals surface area (Å²) in [7, 11) is 0. The van der Waals surface area contributed by atoms with Gasteiger partial charge in [0.1, 0.15) is 0 Å². The Morgan fingerprint density at radius 1 is 0.758 bits per heavy atom. The highest BCUT2D eigenvalue weighted by Gasteiger charge is 2.21. The lowest BCUT2D eigenvalue weighted by Gasteiger charge is -2.23. The van der Waals surface area contributed by atoms with Gasteiger partial charge in [0.2, 0.25) is 5.91 Å². The highest BCUT2D eigenvalue weighted by atomic mass is 16.2. The van der Waals surface area contributed by atoms with Crippen molar-refractivity contribution in [3.63, 3.8) is 0 Å². The van der Waals surface area contributed by atoms with Crippen molar-refractivity contribution in [3.05, 3.63) is 120 Å². The first-order chi connectivity index (χ1) is 16.3. The average molecular weight is 433 g/mol. The summed E-state index contributed by atoms with van der Waals surface area (Å²) >= 11 is 0. The van der Waals surface area contributed by atoms with E-state index in [9.17, 15) is 4.79 Å². The summed E-state index contributed by atoms with van der Waals surface area (Å²) in [4.78, 5) is 27.6. The van der Waals surface area contributed by atoms with Crippen LogP contribution in [0.15, 0.2) is 104 Å². The fourth-order valence-electron chi connectivity index (χ4n) is 4.15. The van der Waals surface area contributed by atoms with Crippen LogP contribution in [0.3, 0.4) is 0 Å². The molecule has 0 radical (unpaired) electrons. The van der Waals surface area contributed by atoms with Gasteiger partial charge in [0, 0.05) is 48.8 Å². The third-order valence-electron chi connectivity index (χ3n) is 5.75. The van der Waals surface area contributed by atoms with Crippen LogP contribution in [-0.2, 0) is 24.3 Å². The monoisotopic (exact) mass is 432 g/mol. The number of H-pyrrole nitrogens is 1. The SMILES string of the molecule is O=C(Cc1c(-c2ccccc2)[nH]c2ccccc12)N(Cc1cccnc1)Cc1cccnc1. The summed E-state index contributed by atoms with van der Waals surface area (Å²) in [6.07, 6.45) is 7.41. The van der Waals surface area contributed by atoms with Crippen molar-refractivity contribution in [2.24, 2.45) is 0 Å². The Labute approximate surface area is 192 Å². The molecule has 33 heavy (non-hydrogen) atoms. The molecule has 5 aromatic rings. The lowest BCUT2D eigenvalue weighted by atomic mass is 10.0. The van der Waals surface area contributed by atoms with Gasteiger partial charge in [-0.2, -0.15) is 0 Å². The van der Waals surface area contributed by atoms with E-state index < -0.39 is 0 Å². The number of para-hydroxylation sites is 1. The molecule has 0 bridgehead atoms. The van der Waals surface area contributed by atoms with Crippen molar-refractivity contribution >= 4 is 16.8 Å². The largest absolute Gasteiger partial charge is 0.354 e. The van der Waals surface area contributed by atoms with E-state index in [1.54, 1.807) is 12.4 Å². The summed E-state index contributed by atoms with van der Waals surface area (Å²) in [5, 5.41) is 1.08. The maximum atomic E-state index is 13.7. The molecule has 1 N–H and O–H groups in total. The summed E-state index contributed by atoms with van der Waals surface area (Å²) in [5.74, 6) is 0.0599. The Bertz CT molecular complexity index is 1310. The van der Waals surface area contributed by atoms with Gasteiger partial charge in [-0.05, 0) is 40.5 Å². The molecule has 2 aromatic carbocycles. The smallest absolute Gasteiger partial charge is 0.227 e. The third-order valence-corrected chi connectivity index (χ3v) is 5.75. The highest BCUT2D eigenvalue weighted by molar-refractivity contribution is 5.95. The van der Waals surface area contributed by atoms with Crippen molar-refractivity contribution in [1.29, 1.82) is 0 Å². The molecule has 5 nitrogen and oxygen atoms in total. The number of fused-ring (bicyclic) bond motifs is 1. The van der Waals surface area contributed by atoms with E-state index in [-0.39, 0.29) is 5.91 Å².